The molecule has 4 heteroatoms. The number of halogens is 1. The van der Waals surface area contributed by atoms with E-state index in [-0.39, 0.29) is 5.91 Å². The third kappa shape index (κ3) is 2.77. The standard InChI is InChI=1S/C12H16ClNOS/c13-6-1-2-7-14-12(15)11-8-9-4-3-5-10(9)16-11/h8H,1-7H2,(H,14,15). The van der Waals surface area contributed by atoms with E-state index in [0.29, 0.717) is 5.88 Å². The number of fused-ring (bicyclic) bond motifs is 1. The lowest BCUT2D eigenvalue weighted by molar-refractivity contribution is 0.0957. The molecule has 0 radical (unpaired) electrons. The second-order valence-corrected chi connectivity index (χ2v) is 5.58. The molecule has 1 aliphatic carbocycles. The summed E-state index contributed by atoms with van der Waals surface area (Å²) >= 11 is 7.23. The van der Waals surface area contributed by atoms with Gasteiger partial charge in [-0.3, -0.25) is 4.79 Å². The quantitative estimate of drug-likeness (QED) is 0.638. The second-order valence-electron chi connectivity index (χ2n) is 4.06. The second kappa shape index (κ2) is 5.69. The molecule has 2 nitrogen and oxygen atoms in total. The number of alkyl halides is 1. The third-order valence-corrected chi connectivity index (χ3v) is 4.32. The van der Waals surface area contributed by atoms with E-state index in [2.05, 4.69) is 11.4 Å². The number of aryl methyl sites for hydroxylation is 2. The number of rotatable bonds is 5. The van der Waals surface area contributed by atoms with Gasteiger partial charge in [0.25, 0.3) is 5.91 Å². The molecule has 2 rings (SSSR count). The molecule has 1 aliphatic rings. The van der Waals surface area contributed by atoms with Crippen molar-refractivity contribution in [1.82, 2.24) is 5.32 Å². The molecule has 1 amide bonds. The van der Waals surface area contributed by atoms with E-state index in [9.17, 15) is 4.79 Å². The van der Waals surface area contributed by atoms with Gasteiger partial charge >= 0.3 is 0 Å². The van der Waals surface area contributed by atoms with Gasteiger partial charge in [0.05, 0.1) is 4.88 Å². The summed E-state index contributed by atoms with van der Waals surface area (Å²) in [7, 11) is 0. The Morgan fingerprint density at radius 2 is 2.31 bits per heavy atom. The van der Waals surface area contributed by atoms with Crippen molar-refractivity contribution in [2.24, 2.45) is 0 Å². The molecule has 0 fully saturated rings. The highest BCUT2D eigenvalue weighted by atomic mass is 35.5. The molecule has 1 aromatic rings. The summed E-state index contributed by atoms with van der Waals surface area (Å²) in [6, 6.07) is 2.06. The van der Waals surface area contributed by atoms with E-state index in [1.165, 1.54) is 16.9 Å². The van der Waals surface area contributed by atoms with Gasteiger partial charge in [0, 0.05) is 17.3 Å². The Labute approximate surface area is 105 Å². The summed E-state index contributed by atoms with van der Waals surface area (Å²) in [4.78, 5) is 14.1. The van der Waals surface area contributed by atoms with Crippen LogP contribution in [0, 0.1) is 0 Å². The van der Waals surface area contributed by atoms with Crippen LogP contribution in [-0.2, 0) is 12.8 Å². The van der Waals surface area contributed by atoms with Gasteiger partial charge in [-0.05, 0) is 43.7 Å². The highest BCUT2D eigenvalue weighted by Crippen LogP contribution is 2.30. The lowest BCUT2D eigenvalue weighted by Crippen LogP contribution is -2.23. The van der Waals surface area contributed by atoms with Gasteiger partial charge in [0.2, 0.25) is 0 Å². The summed E-state index contributed by atoms with van der Waals surface area (Å²) < 4.78 is 0. The van der Waals surface area contributed by atoms with E-state index in [1.54, 1.807) is 11.3 Å². The van der Waals surface area contributed by atoms with Gasteiger partial charge in [0.1, 0.15) is 0 Å². The molecule has 1 aromatic heterocycles. The van der Waals surface area contributed by atoms with Crippen LogP contribution in [0.1, 0.15) is 39.4 Å². The predicted molar refractivity (Wildman–Crippen MR) is 68.6 cm³/mol. The highest BCUT2D eigenvalue weighted by molar-refractivity contribution is 7.14. The minimum absolute atomic E-state index is 0.0778. The van der Waals surface area contributed by atoms with Crippen LogP contribution in [0.2, 0.25) is 0 Å². The molecule has 0 saturated heterocycles. The van der Waals surface area contributed by atoms with E-state index in [4.69, 9.17) is 11.6 Å². The zero-order valence-electron chi connectivity index (χ0n) is 9.22. The molecule has 0 spiro atoms. The molecule has 1 heterocycles. The summed E-state index contributed by atoms with van der Waals surface area (Å²) in [5.74, 6) is 0.748. The SMILES string of the molecule is O=C(NCCCCCl)c1cc2c(s1)CCC2. The number of amides is 1. The number of thiophene rings is 1. The smallest absolute Gasteiger partial charge is 0.261 e. The normalized spacial score (nSPS) is 13.8. The molecule has 1 N–H and O–H groups in total. The van der Waals surface area contributed by atoms with Crippen molar-refractivity contribution in [1.29, 1.82) is 0 Å². The maximum atomic E-state index is 11.8. The average Bonchev–Trinajstić information content (AvgIpc) is 2.83. The fourth-order valence-electron chi connectivity index (χ4n) is 1.95. The van der Waals surface area contributed by atoms with Gasteiger partial charge in [-0.15, -0.1) is 22.9 Å². The predicted octanol–water partition coefficient (Wildman–Crippen LogP) is 2.99. The van der Waals surface area contributed by atoms with Crippen molar-refractivity contribution in [2.75, 3.05) is 12.4 Å². The van der Waals surface area contributed by atoms with Crippen molar-refractivity contribution < 1.29 is 4.79 Å². The molecule has 0 aromatic carbocycles. The Hall–Kier alpha value is -0.540. The van der Waals surface area contributed by atoms with Crippen LogP contribution in [0.5, 0.6) is 0 Å². The van der Waals surface area contributed by atoms with Crippen molar-refractivity contribution in [3.8, 4) is 0 Å². The fourth-order valence-corrected chi connectivity index (χ4v) is 3.31. The Morgan fingerprint density at radius 3 is 3.06 bits per heavy atom. The number of nitrogens with one attached hydrogen (secondary N) is 1. The first-order chi connectivity index (χ1) is 7.81. The van der Waals surface area contributed by atoms with E-state index in [0.717, 1.165) is 37.1 Å². The number of hydrogen-bond donors (Lipinski definition) is 1. The van der Waals surface area contributed by atoms with Crippen molar-refractivity contribution in [3.63, 3.8) is 0 Å². The monoisotopic (exact) mass is 257 g/mol. The van der Waals surface area contributed by atoms with Crippen LogP contribution in [0.15, 0.2) is 6.07 Å². The largest absolute Gasteiger partial charge is 0.351 e. The van der Waals surface area contributed by atoms with Crippen LogP contribution in [0.4, 0.5) is 0 Å². The Morgan fingerprint density at radius 1 is 1.44 bits per heavy atom. The van der Waals surface area contributed by atoms with Crippen LogP contribution in [0.25, 0.3) is 0 Å². The van der Waals surface area contributed by atoms with Gasteiger partial charge in [-0.2, -0.15) is 0 Å². The first-order valence-corrected chi connectivity index (χ1v) is 7.12. The molecule has 16 heavy (non-hydrogen) atoms. The Balaban J connectivity index is 1.84. The van der Waals surface area contributed by atoms with Crippen LogP contribution in [-0.4, -0.2) is 18.3 Å². The first-order valence-electron chi connectivity index (χ1n) is 5.77. The molecule has 0 atom stereocenters. The molecule has 0 bridgehead atoms. The van der Waals surface area contributed by atoms with Crippen LogP contribution >= 0.6 is 22.9 Å². The molecular formula is C12H16ClNOS. The molecule has 0 aliphatic heterocycles. The number of carbonyl (C=O) groups is 1. The Kier molecular flexibility index (Phi) is 4.24. The summed E-state index contributed by atoms with van der Waals surface area (Å²) in [5, 5.41) is 2.94. The topological polar surface area (TPSA) is 29.1 Å². The Bertz CT molecular complexity index is 354. The summed E-state index contributed by atoms with van der Waals surface area (Å²) in [6.45, 7) is 0.730. The maximum Gasteiger partial charge on any atom is 0.261 e. The van der Waals surface area contributed by atoms with E-state index >= 15 is 0 Å². The lowest BCUT2D eigenvalue weighted by atomic mass is 10.2. The zero-order valence-corrected chi connectivity index (χ0v) is 10.8. The van der Waals surface area contributed by atoms with E-state index in [1.807, 2.05) is 0 Å². The zero-order chi connectivity index (χ0) is 11.4. The van der Waals surface area contributed by atoms with Crippen molar-refractivity contribution in [3.05, 3.63) is 21.4 Å². The van der Waals surface area contributed by atoms with Gasteiger partial charge < -0.3 is 5.32 Å². The fraction of sp³-hybridized carbons (Fsp3) is 0.583. The molecule has 0 saturated carbocycles. The molecule has 0 unspecified atom stereocenters. The average molecular weight is 258 g/mol. The van der Waals surface area contributed by atoms with Gasteiger partial charge in [0.15, 0.2) is 0 Å². The number of unbranched alkanes of at least 4 members (excludes halogenated alkanes) is 1. The summed E-state index contributed by atoms with van der Waals surface area (Å²) in [6.07, 6.45) is 5.47. The van der Waals surface area contributed by atoms with E-state index < -0.39 is 0 Å². The molecule has 88 valence electrons. The molecular weight excluding hydrogens is 242 g/mol. The number of hydrogen-bond acceptors (Lipinski definition) is 2. The number of carbonyl (C=O) groups excluding carboxylic acids is 1. The van der Waals surface area contributed by atoms with Gasteiger partial charge in [-0.1, -0.05) is 0 Å². The minimum Gasteiger partial charge on any atom is -0.351 e. The first kappa shape index (κ1) is 11.9. The van der Waals surface area contributed by atoms with Gasteiger partial charge in [-0.25, -0.2) is 0 Å². The van der Waals surface area contributed by atoms with Crippen molar-refractivity contribution in [2.45, 2.75) is 32.1 Å². The summed E-state index contributed by atoms with van der Waals surface area (Å²) in [5.41, 5.74) is 1.39. The van der Waals surface area contributed by atoms with Crippen LogP contribution < -0.4 is 5.32 Å². The highest BCUT2D eigenvalue weighted by Gasteiger charge is 2.17. The lowest BCUT2D eigenvalue weighted by Gasteiger charge is -2.01. The maximum absolute atomic E-state index is 11.8. The minimum atomic E-state index is 0.0778. The third-order valence-electron chi connectivity index (χ3n) is 2.82. The van der Waals surface area contributed by atoms with Crippen LogP contribution in [0.3, 0.4) is 0 Å². The van der Waals surface area contributed by atoms with Crippen molar-refractivity contribution >= 4 is 28.8 Å².